The van der Waals surface area contributed by atoms with Gasteiger partial charge < -0.3 is 14.5 Å². The van der Waals surface area contributed by atoms with Crippen LogP contribution in [0.25, 0.3) is 10.8 Å². The lowest BCUT2D eigenvalue weighted by molar-refractivity contribution is -0.136. The van der Waals surface area contributed by atoms with Gasteiger partial charge in [-0.05, 0) is 53.6 Å². The van der Waals surface area contributed by atoms with Gasteiger partial charge in [-0.25, -0.2) is 4.79 Å². The minimum atomic E-state index is -0.745. The fraction of sp³-hybridized carbons (Fsp3) is 0.400. The van der Waals surface area contributed by atoms with Crippen molar-refractivity contribution >= 4 is 22.7 Å². The van der Waals surface area contributed by atoms with E-state index < -0.39 is 5.54 Å². The van der Waals surface area contributed by atoms with Gasteiger partial charge in [0.2, 0.25) is 0 Å². The van der Waals surface area contributed by atoms with Gasteiger partial charge in [-0.15, -0.1) is 0 Å². The molecule has 36 heavy (non-hydrogen) atoms. The third-order valence-corrected chi connectivity index (χ3v) is 7.75. The molecule has 1 spiro atoms. The van der Waals surface area contributed by atoms with Crippen molar-refractivity contribution < 1.29 is 14.3 Å². The molecule has 6 nitrogen and oxygen atoms in total. The molecule has 0 N–H and O–H groups in total. The van der Waals surface area contributed by atoms with Gasteiger partial charge in [-0.2, -0.15) is 0 Å². The Balaban J connectivity index is 1.31. The molecular weight excluding hydrogens is 450 g/mol. The number of amides is 3. The summed E-state index contributed by atoms with van der Waals surface area (Å²) in [6.07, 6.45) is 3.06. The molecular formula is C30H35N3O3. The van der Waals surface area contributed by atoms with Crippen LogP contribution in [0.2, 0.25) is 0 Å². The maximum atomic E-state index is 13.9. The number of likely N-dealkylation sites (tertiary alicyclic amines) is 1. The number of nitrogens with zero attached hydrogens (tertiary/aromatic N) is 3. The van der Waals surface area contributed by atoms with Crippen molar-refractivity contribution in [1.82, 2.24) is 14.7 Å². The molecule has 0 aliphatic carbocycles. The summed E-state index contributed by atoms with van der Waals surface area (Å²) in [5.41, 5.74) is 1.56. The van der Waals surface area contributed by atoms with Gasteiger partial charge >= 0.3 is 6.03 Å². The topological polar surface area (TPSA) is 53.1 Å². The van der Waals surface area contributed by atoms with Crippen molar-refractivity contribution in [1.29, 1.82) is 0 Å². The Labute approximate surface area is 213 Å². The van der Waals surface area contributed by atoms with E-state index in [1.807, 2.05) is 29.2 Å². The van der Waals surface area contributed by atoms with Gasteiger partial charge in [0, 0.05) is 39.9 Å². The number of rotatable bonds is 9. The summed E-state index contributed by atoms with van der Waals surface area (Å²) in [6.45, 7) is 4.01. The predicted octanol–water partition coefficient (Wildman–Crippen LogP) is 4.72. The summed E-state index contributed by atoms with van der Waals surface area (Å²) in [5, 5.41) is 2.27. The van der Waals surface area contributed by atoms with Gasteiger partial charge in [0.05, 0.1) is 6.54 Å². The maximum Gasteiger partial charge on any atom is 0.327 e. The number of imide groups is 1. The van der Waals surface area contributed by atoms with Crippen LogP contribution in [-0.2, 0) is 22.5 Å². The first-order chi connectivity index (χ1) is 17.6. The van der Waals surface area contributed by atoms with Gasteiger partial charge in [-0.3, -0.25) is 9.69 Å². The molecule has 6 heteroatoms. The van der Waals surface area contributed by atoms with E-state index in [-0.39, 0.29) is 11.9 Å². The molecule has 2 saturated heterocycles. The fourth-order valence-corrected chi connectivity index (χ4v) is 5.68. The minimum absolute atomic E-state index is 0.0409. The first kappa shape index (κ1) is 24.5. The SMILES string of the molecule is COCCCN1C(=O)N(Cc2ccc3ccccc3c2)C(=O)C12CCN(CCc1ccccc1)CC2. The summed E-state index contributed by atoms with van der Waals surface area (Å²) in [5.74, 6) is -0.0409. The van der Waals surface area contributed by atoms with Crippen molar-refractivity contribution in [3.8, 4) is 0 Å². The number of carbonyl (C=O) groups is 2. The Hall–Kier alpha value is -3.22. The molecule has 2 heterocycles. The molecule has 2 aliphatic heterocycles. The Bertz CT molecular complexity index is 1200. The molecule has 3 amide bonds. The molecule has 2 aliphatic rings. The van der Waals surface area contributed by atoms with Gasteiger partial charge in [0.1, 0.15) is 5.54 Å². The van der Waals surface area contributed by atoms with Gasteiger partial charge in [0.15, 0.2) is 0 Å². The number of hydrogen-bond acceptors (Lipinski definition) is 4. The second-order valence-corrected chi connectivity index (χ2v) is 9.96. The van der Waals surface area contributed by atoms with Crippen LogP contribution in [0.5, 0.6) is 0 Å². The highest BCUT2D eigenvalue weighted by Crippen LogP contribution is 2.38. The third-order valence-electron chi connectivity index (χ3n) is 7.75. The predicted molar refractivity (Wildman–Crippen MR) is 142 cm³/mol. The van der Waals surface area contributed by atoms with E-state index in [1.54, 1.807) is 7.11 Å². The Morgan fingerprint density at radius 1 is 0.833 bits per heavy atom. The number of piperidine rings is 1. The minimum Gasteiger partial charge on any atom is -0.385 e. The smallest absolute Gasteiger partial charge is 0.327 e. The molecule has 5 rings (SSSR count). The van der Waals surface area contributed by atoms with Crippen molar-refractivity contribution in [2.45, 2.75) is 37.8 Å². The van der Waals surface area contributed by atoms with Crippen LogP contribution in [0.3, 0.4) is 0 Å². The summed E-state index contributed by atoms with van der Waals surface area (Å²) in [6, 6.07) is 24.7. The van der Waals surface area contributed by atoms with Gasteiger partial charge in [0.25, 0.3) is 5.91 Å². The zero-order valence-corrected chi connectivity index (χ0v) is 21.1. The second kappa shape index (κ2) is 10.8. The molecule has 0 radical (unpaired) electrons. The molecule has 0 atom stereocenters. The number of benzene rings is 3. The van der Waals surface area contributed by atoms with E-state index in [4.69, 9.17) is 4.74 Å². The highest BCUT2D eigenvalue weighted by Gasteiger charge is 2.57. The molecule has 0 unspecified atom stereocenters. The average molecular weight is 486 g/mol. The molecule has 188 valence electrons. The number of ether oxygens (including phenoxy) is 1. The molecule has 3 aromatic rings. The van der Waals surface area contributed by atoms with E-state index in [2.05, 4.69) is 53.4 Å². The summed E-state index contributed by atoms with van der Waals surface area (Å²) in [7, 11) is 1.67. The number of urea groups is 1. The van der Waals surface area contributed by atoms with Gasteiger partial charge in [-0.1, -0.05) is 66.7 Å². The fourth-order valence-electron chi connectivity index (χ4n) is 5.68. The van der Waals surface area contributed by atoms with E-state index in [1.165, 1.54) is 10.5 Å². The zero-order chi connectivity index (χ0) is 25.0. The Morgan fingerprint density at radius 2 is 1.56 bits per heavy atom. The van der Waals surface area contributed by atoms with Crippen molar-refractivity contribution in [2.24, 2.45) is 0 Å². The molecule has 0 bridgehead atoms. The monoisotopic (exact) mass is 485 g/mol. The first-order valence-corrected chi connectivity index (χ1v) is 13.0. The van der Waals surface area contributed by atoms with Crippen molar-refractivity contribution in [3.05, 3.63) is 83.9 Å². The highest BCUT2D eigenvalue weighted by atomic mass is 16.5. The van der Waals surface area contributed by atoms with Crippen molar-refractivity contribution in [3.63, 3.8) is 0 Å². The summed E-state index contributed by atoms with van der Waals surface area (Å²) >= 11 is 0. The largest absolute Gasteiger partial charge is 0.385 e. The summed E-state index contributed by atoms with van der Waals surface area (Å²) < 4.78 is 5.25. The Kier molecular flexibility index (Phi) is 7.35. The van der Waals surface area contributed by atoms with Crippen LogP contribution in [-0.4, -0.2) is 72.1 Å². The van der Waals surface area contributed by atoms with E-state index in [0.29, 0.717) is 32.5 Å². The van der Waals surface area contributed by atoms with Crippen LogP contribution >= 0.6 is 0 Å². The molecule has 0 aromatic heterocycles. The maximum absolute atomic E-state index is 13.9. The van der Waals surface area contributed by atoms with Crippen LogP contribution < -0.4 is 0 Å². The lowest BCUT2D eigenvalue weighted by atomic mass is 9.85. The van der Waals surface area contributed by atoms with Crippen LogP contribution in [0, 0.1) is 0 Å². The third kappa shape index (κ3) is 4.88. The zero-order valence-electron chi connectivity index (χ0n) is 21.1. The summed E-state index contributed by atoms with van der Waals surface area (Å²) in [4.78, 5) is 33.3. The lowest BCUT2D eigenvalue weighted by Crippen LogP contribution is -2.57. The number of methoxy groups -OCH3 is 1. The van der Waals surface area contributed by atoms with Crippen LogP contribution in [0.4, 0.5) is 4.79 Å². The number of hydrogen-bond donors (Lipinski definition) is 0. The standard InChI is InChI=1S/C30H35N3O3/c1-36-21-7-17-33-29(35)32(23-25-12-13-26-10-5-6-11-27(26)22-25)28(34)30(33)15-19-31(20-16-30)18-14-24-8-3-2-4-9-24/h2-6,8-13,22H,7,14-21,23H2,1H3. The van der Waals surface area contributed by atoms with Crippen LogP contribution in [0.15, 0.2) is 72.8 Å². The van der Waals surface area contributed by atoms with Crippen LogP contribution in [0.1, 0.15) is 30.4 Å². The lowest BCUT2D eigenvalue weighted by Gasteiger charge is -2.42. The van der Waals surface area contributed by atoms with E-state index in [0.717, 1.165) is 48.8 Å². The number of fused-ring (bicyclic) bond motifs is 1. The van der Waals surface area contributed by atoms with Crippen molar-refractivity contribution in [2.75, 3.05) is 39.9 Å². The Morgan fingerprint density at radius 3 is 2.31 bits per heavy atom. The highest BCUT2D eigenvalue weighted by molar-refractivity contribution is 6.07. The molecule has 3 aromatic carbocycles. The normalized spacial score (nSPS) is 18.0. The number of carbonyl (C=O) groups excluding carboxylic acids is 2. The first-order valence-electron chi connectivity index (χ1n) is 13.0. The van der Waals surface area contributed by atoms with E-state index in [9.17, 15) is 9.59 Å². The second-order valence-electron chi connectivity index (χ2n) is 9.96. The molecule has 0 saturated carbocycles. The van der Waals surface area contributed by atoms with E-state index >= 15 is 0 Å². The average Bonchev–Trinajstić information content (AvgIpc) is 3.10. The molecule has 2 fully saturated rings. The quantitative estimate of drug-likeness (QED) is 0.325.